The zero-order valence-corrected chi connectivity index (χ0v) is 18.1. The summed E-state index contributed by atoms with van der Waals surface area (Å²) in [6.45, 7) is 15.0. The van der Waals surface area contributed by atoms with Crippen molar-refractivity contribution in [3.8, 4) is 0 Å². The summed E-state index contributed by atoms with van der Waals surface area (Å²) < 4.78 is 0. The average Bonchev–Trinajstić information content (AvgIpc) is 2.46. The molecule has 1 atom stereocenters. The molecule has 0 amide bonds. The van der Waals surface area contributed by atoms with Crippen molar-refractivity contribution in [2.45, 2.75) is 50.9 Å². The van der Waals surface area contributed by atoms with Gasteiger partial charge in [-0.1, -0.05) is 112 Å². The van der Waals surface area contributed by atoms with Crippen molar-refractivity contribution in [1.29, 1.82) is 0 Å². The van der Waals surface area contributed by atoms with Gasteiger partial charge < -0.3 is 0 Å². The molecular weight excluding hydrogens is 320 g/mol. The van der Waals surface area contributed by atoms with E-state index in [0.717, 1.165) is 0 Å². The molecule has 0 aliphatic heterocycles. The molecule has 0 saturated carbocycles. The Kier molecular flexibility index (Phi) is 6.05. The van der Waals surface area contributed by atoms with E-state index in [1.165, 1.54) is 17.2 Å². The normalized spacial score (nSPS) is 14.5. The third kappa shape index (κ3) is 5.61. The minimum absolute atomic E-state index is 0.589. The van der Waals surface area contributed by atoms with Gasteiger partial charge in [0.25, 0.3) is 0 Å². The largest absolute Gasteiger partial charge is 0.0693 e. The van der Waals surface area contributed by atoms with Crippen LogP contribution in [0.2, 0.25) is 45.3 Å². The van der Waals surface area contributed by atoms with Gasteiger partial charge in [-0.05, 0) is 22.7 Å². The van der Waals surface area contributed by atoms with Crippen LogP contribution in [0.15, 0.2) is 66.2 Å². The van der Waals surface area contributed by atoms with E-state index < -0.39 is 16.1 Å². The number of hydrogen-bond acceptors (Lipinski definition) is 0. The zero-order chi connectivity index (χ0) is 17.8. The van der Waals surface area contributed by atoms with Crippen molar-refractivity contribution in [2.75, 3.05) is 0 Å². The second kappa shape index (κ2) is 7.67. The fourth-order valence-electron chi connectivity index (χ4n) is 3.53. The Labute approximate surface area is 150 Å². The van der Waals surface area contributed by atoms with E-state index in [0.29, 0.717) is 5.54 Å². The summed E-state index contributed by atoms with van der Waals surface area (Å²) in [5, 5.41) is 0. The first-order valence-electron chi connectivity index (χ1n) is 8.97. The van der Waals surface area contributed by atoms with E-state index in [1.54, 1.807) is 5.57 Å². The Morgan fingerprint density at radius 2 is 1.29 bits per heavy atom. The Morgan fingerprint density at radius 3 is 1.75 bits per heavy atom. The third-order valence-electron chi connectivity index (χ3n) is 4.26. The second-order valence-corrected chi connectivity index (χ2v) is 19.9. The number of benzene rings is 2. The van der Waals surface area contributed by atoms with Gasteiger partial charge in [0.1, 0.15) is 0 Å². The number of allylic oxidation sites excluding steroid dienone is 1. The topological polar surface area (TPSA) is 0 Å². The highest BCUT2D eigenvalue weighted by Crippen LogP contribution is 2.39. The minimum atomic E-state index is -1.39. The molecule has 0 heterocycles. The Morgan fingerprint density at radius 1 is 0.792 bits per heavy atom. The summed E-state index contributed by atoms with van der Waals surface area (Å²) in [6, 6.07) is 23.3. The summed E-state index contributed by atoms with van der Waals surface area (Å²) in [6.07, 6.45) is 2.48. The first-order valence-corrected chi connectivity index (χ1v) is 16.3. The Hall–Kier alpha value is -1.39. The highest BCUT2D eigenvalue weighted by Gasteiger charge is 2.33. The standard InChI is InChI=1S/C22H32Si2/c1-23(2,3)18-21(17-19-13-9-7-10-14-19)22(24(4,5)6)20-15-11-8-12-16-20/h7-17,22H,18H2,1-6H3/b21-17+. The maximum atomic E-state index is 2.51. The number of rotatable bonds is 6. The molecule has 2 heteroatoms. The quantitative estimate of drug-likeness (QED) is 0.488. The molecule has 0 N–H and O–H groups in total. The smallest absolute Gasteiger partial charge is 0.0569 e. The van der Waals surface area contributed by atoms with Crippen LogP contribution >= 0.6 is 0 Å². The Balaban J connectivity index is 2.55. The molecule has 2 rings (SSSR count). The maximum absolute atomic E-state index is 2.51. The summed E-state index contributed by atoms with van der Waals surface area (Å²) in [5.41, 5.74) is 5.07. The van der Waals surface area contributed by atoms with Crippen LogP contribution < -0.4 is 0 Å². The molecular formula is C22H32Si2. The lowest BCUT2D eigenvalue weighted by Crippen LogP contribution is -2.34. The lowest BCUT2D eigenvalue weighted by Gasteiger charge is -2.34. The van der Waals surface area contributed by atoms with Gasteiger partial charge in [0.05, 0.1) is 8.07 Å². The van der Waals surface area contributed by atoms with Crippen molar-refractivity contribution < 1.29 is 0 Å². The van der Waals surface area contributed by atoms with Crippen LogP contribution in [0.25, 0.3) is 6.08 Å². The molecule has 0 aliphatic rings. The molecule has 1 unspecified atom stereocenters. The van der Waals surface area contributed by atoms with Crippen molar-refractivity contribution >= 4 is 22.2 Å². The van der Waals surface area contributed by atoms with E-state index in [4.69, 9.17) is 0 Å². The Bertz CT molecular complexity index is 659. The molecule has 0 bridgehead atoms. The first-order chi connectivity index (χ1) is 11.2. The van der Waals surface area contributed by atoms with E-state index in [9.17, 15) is 0 Å². The molecule has 2 aromatic rings. The fraction of sp³-hybridized carbons (Fsp3) is 0.364. The predicted molar refractivity (Wildman–Crippen MR) is 115 cm³/mol. The van der Waals surface area contributed by atoms with Gasteiger partial charge in [0.2, 0.25) is 0 Å². The zero-order valence-electron chi connectivity index (χ0n) is 16.1. The maximum Gasteiger partial charge on any atom is 0.0569 e. The van der Waals surface area contributed by atoms with Gasteiger partial charge in [-0.2, -0.15) is 0 Å². The minimum Gasteiger partial charge on any atom is -0.0693 e. The molecule has 0 nitrogen and oxygen atoms in total. The molecule has 0 saturated heterocycles. The molecule has 2 aromatic carbocycles. The van der Waals surface area contributed by atoms with Crippen molar-refractivity contribution in [3.05, 3.63) is 77.4 Å². The SMILES string of the molecule is C[Si](C)(C)C/C(=C\c1ccccc1)C(c1ccccc1)[Si](C)(C)C. The van der Waals surface area contributed by atoms with Crippen LogP contribution in [0.3, 0.4) is 0 Å². The molecule has 0 aromatic heterocycles. The van der Waals surface area contributed by atoms with Gasteiger partial charge in [0, 0.05) is 8.07 Å². The van der Waals surface area contributed by atoms with Crippen molar-refractivity contribution in [1.82, 2.24) is 0 Å². The van der Waals surface area contributed by atoms with Gasteiger partial charge in [-0.15, -0.1) is 0 Å². The third-order valence-corrected chi connectivity index (χ3v) is 8.16. The summed E-state index contributed by atoms with van der Waals surface area (Å²) in [4.78, 5) is 0. The first kappa shape index (κ1) is 18.9. The van der Waals surface area contributed by atoms with Crippen molar-refractivity contribution in [2.24, 2.45) is 0 Å². The van der Waals surface area contributed by atoms with E-state index in [-0.39, 0.29) is 0 Å². The van der Waals surface area contributed by atoms with Crippen molar-refractivity contribution in [3.63, 3.8) is 0 Å². The van der Waals surface area contributed by atoms with Crippen LogP contribution in [-0.2, 0) is 0 Å². The molecule has 0 spiro atoms. The lowest BCUT2D eigenvalue weighted by atomic mass is 10.0. The summed E-state index contributed by atoms with van der Waals surface area (Å²) in [5.74, 6) is 0. The summed E-state index contributed by atoms with van der Waals surface area (Å²) in [7, 11) is -2.58. The highest BCUT2D eigenvalue weighted by molar-refractivity contribution is 6.79. The van der Waals surface area contributed by atoms with Crippen LogP contribution in [0.5, 0.6) is 0 Å². The van der Waals surface area contributed by atoms with Gasteiger partial charge in [-0.25, -0.2) is 0 Å². The molecule has 0 fully saturated rings. The van der Waals surface area contributed by atoms with Crippen LogP contribution in [0, 0.1) is 0 Å². The fourth-order valence-corrected chi connectivity index (χ4v) is 7.75. The van der Waals surface area contributed by atoms with E-state index >= 15 is 0 Å². The predicted octanol–water partition coefficient (Wildman–Crippen LogP) is 7.07. The molecule has 0 radical (unpaired) electrons. The van der Waals surface area contributed by atoms with Gasteiger partial charge in [-0.3, -0.25) is 0 Å². The lowest BCUT2D eigenvalue weighted by molar-refractivity contribution is 1.03. The van der Waals surface area contributed by atoms with Gasteiger partial charge in [0.15, 0.2) is 0 Å². The summed E-state index contributed by atoms with van der Waals surface area (Å²) >= 11 is 0. The van der Waals surface area contributed by atoms with Crippen LogP contribution in [0.1, 0.15) is 16.7 Å². The van der Waals surface area contributed by atoms with E-state index in [1.807, 2.05) is 0 Å². The van der Waals surface area contributed by atoms with Crippen LogP contribution in [0.4, 0.5) is 0 Å². The van der Waals surface area contributed by atoms with E-state index in [2.05, 4.69) is 106 Å². The highest BCUT2D eigenvalue weighted by atomic mass is 28.3. The molecule has 0 aliphatic carbocycles. The monoisotopic (exact) mass is 352 g/mol. The second-order valence-electron chi connectivity index (χ2n) is 9.08. The van der Waals surface area contributed by atoms with Gasteiger partial charge >= 0.3 is 0 Å². The average molecular weight is 353 g/mol. The van der Waals surface area contributed by atoms with Crippen LogP contribution in [-0.4, -0.2) is 16.1 Å². The molecule has 24 heavy (non-hydrogen) atoms. The number of hydrogen-bond donors (Lipinski definition) is 0. The molecule has 128 valence electrons.